The average Bonchev–Trinajstić information content (AvgIpc) is 3.40. The Morgan fingerprint density at radius 1 is 1.11 bits per heavy atom. The Morgan fingerprint density at radius 3 is 2.51 bits per heavy atom. The minimum atomic E-state index is -0.606. The summed E-state index contributed by atoms with van der Waals surface area (Å²) in [4.78, 5) is 15.7. The third-order valence-electron chi connectivity index (χ3n) is 6.96. The topological polar surface area (TPSA) is 91.4 Å². The van der Waals surface area contributed by atoms with Crippen LogP contribution in [0.25, 0.3) is 0 Å². The summed E-state index contributed by atoms with van der Waals surface area (Å²) in [5.74, 6) is 1.17. The van der Waals surface area contributed by atoms with Gasteiger partial charge in [-0.25, -0.2) is 0 Å². The van der Waals surface area contributed by atoms with Crippen molar-refractivity contribution in [2.75, 3.05) is 24.6 Å². The highest BCUT2D eigenvalue weighted by atomic mass is 16.5. The molecule has 0 saturated carbocycles. The third kappa shape index (κ3) is 6.32. The zero-order chi connectivity index (χ0) is 24.8. The molecule has 0 spiro atoms. The van der Waals surface area contributed by atoms with Gasteiger partial charge in [-0.05, 0) is 74.4 Å². The molecule has 2 unspecified atom stereocenters. The molecule has 1 amide bonds. The maximum Gasteiger partial charge on any atom is 0.251 e. The van der Waals surface area contributed by atoms with Crippen molar-refractivity contribution in [3.8, 4) is 5.75 Å². The van der Waals surface area contributed by atoms with Crippen LogP contribution in [0.1, 0.15) is 49.0 Å². The number of nitrogens with two attached hydrogens (primary N) is 1. The maximum atomic E-state index is 13.3. The molecule has 1 saturated heterocycles. The number of hydrogen-bond acceptors (Lipinski definition) is 4. The lowest BCUT2D eigenvalue weighted by molar-refractivity contribution is 0.0839. The molecule has 6 nitrogen and oxygen atoms in total. The zero-order valence-corrected chi connectivity index (χ0v) is 20.7. The number of benzene rings is 2. The van der Waals surface area contributed by atoms with E-state index in [9.17, 15) is 4.79 Å². The Balaban J connectivity index is 1.49. The fraction of sp³-hybridized carbons (Fsp3) is 0.379. The molecule has 2 aromatic rings. The minimum absolute atomic E-state index is 0.00292. The van der Waals surface area contributed by atoms with Crippen molar-refractivity contribution < 1.29 is 9.53 Å². The largest absolute Gasteiger partial charge is 0.491 e. The Kier molecular flexibility index (Phi) is 7.59. The maximum absolute atomic E-state index is 13.3. The fourth-order valence-electron chi connectivity index (χ4n) is 4.83. The van der Waals surface area contributed by atoms with Crippen LogP contribution in [0.3, 0.4) is 0 Å². The van der Waals surface area contributed by atoms with Crippen LogP contribution >= 0.6 is 0 Å². The highest BCUT2D eigenvalue weighted by Gasteiger charge is 2.32. The van der Waals surface area contributed by atoms with Crippen molar-refractivity contribution in [1.29, 1.82) is 5.41 Å². The quantitative estimate of drug-likeness (QED) is 0.357. The molecular weight excluding hydrogens is 436 g/mol. The summed E-state index contributed by atoms with van der Waals surface area (Å²) in [5.41, 5.74) is 7.46. The van der Waals surface area contributed by atoms with Crippen LogP contribution in [0.2, 0.25) is 0 Å². The summed E-state index contributed by atoms with van der Waals surface area (Å²) >= 11 is 0. The Hall–Kier alpha value is -3.54. The van der Waals surface area contributed by atoms with Gasteiger partial charge in [-0.1, -0.05) is 43.4 Å². The van der Waals surface area contributed by atoms with Gasteiger partial charge in [-0.2, -0.15) is 0 Å². The number of amides is 1. The lowest BCUT2D eigenvalue weighted by Gasteiger charge is -2.35. The number of anilines is 1. The van der Waals surface area contributed by atoms with Crippen molar-refractivity contribution in [3.05, 3.63) is 84.0 Å². The van der Waals surface area contributed by atoms with Crippen LogP contribution in [0, 0.1) is 17.2 Å². The molecule has 2 aromatic carbocycles. The normalized spacial score (nSPS) is 20.9. The number of hydrogen-bond donors (Lipinski definition) is 3. The molecule has 0 bridgehead atoms. The van der Waals surface area contributed by atoms with E-state index in [1.165, 1.54) is 18.5 Å². The molecule has 184 valence electrons. The van der Waals surface area contributed by atoms with Gasteiger partial charge in [0.15, 0.2) is 0 Å². The number of carbonyl (C=O) groups is 1. The van der Waals surface area contributed by atoms with E-state index < -0.39 is 5.54 Å². The molecule has 0 aromatic heterocycles. The lowest BCUT2D eigenvalue weighted by atomic mass is 9.80. The third-order valence-corrected chi connectivity index (χ3v) is 6.96. The van der Waals surface area contributed by atoms with E-state index in [0.29, 0.717) is 29.4 Å². The van der Waals surface area contributed by atoms with E-state index in [-0.39, 0.29) is 17.7 Å². The first-order chi connectivity index (χ1) is 16.8. The number of carbonyl (C=O) groups excluding carboxylic acids is 1. The van der Waals surface area contributed by atoms with Gasteiger partial charge in [0.2, 0.25) is 0 Å². The van der Waals surface area contributed by atoms with E-state index in [4.69, 9.17) is 15.9 Å². The molecule has 35 heavy (non-hydrogen) atoms. The molecular formula is C29H36N4O2. The van der Waals surface area contributed by atoms with Crippen LogP contribution in [-0.2, 0) is 0 Å². The number of ether oxygens (including phenoxy) is 1. The van der Waals surface area contributed by atoms with E-state index in [0.717, 1.165) is 19.5 Å². The summed E-state index contributed by atoms with van der Waals surface area (Å²) in [6, 6.07) is 15.1. The smallest absolute Gasteiger partial charge is 0.251 e. The molecule has 4 rings (SSSR count). The molecule has 1 heterocycles. The molecule has 4 N–H and O–H groups in total. The summed E-state index contributed by atoms with van der Waals surface area (Å²) in [6.07, 6.45) is 11.7. The van der Waals surface area contributed by atoms with Gasteiger partial charge in [-0.3, -0.25) is 10.2 Å². The van der Waals surface area contributed by atoms with Crippen LogP contribution < -0.4 is 20.7 Å². The Morgan fingerprint density at radius 2 is 1.83 bits per heavy atom. The van der Waals surface area contributed by atoms with Gasteiger partial charge >= 0.3 is 0 Å². The molecule has 2 aliphatic rings. The van der Waals surface area contributed by atoms with Crippen molar-refractivity contribution in [2.24, 2.45) is 17.6 Å². The van der Waals surface area contributed by atoms with Gasteiger partial charge in [0.05, 0.1) is 5.54 Å². The minimum Gasteiger partial charge on any atom is -0.491 e. The van der Waals surface area contributed by atoms with Gasteiger partial charge in [-0.15, -0.1) is 0 Å². The first-order valence-electron chi connectivity index (χ1n) is 12.4. The lowest BCUT2D eigenvalue weighted by Crippen LogP contribution is -2.52. The summed E-state index contributed by atoms with van der Waals surface area (Å²) in [5, 5.41) is 11.0. The molecule has 6 heteroatoms. The van der Waals surface area contributed by atoms with E-state index in [1.807, 2.05) is 43.3 Å². The van der Waals surface area contributed by atoms with Gasteiger partial charge in [0, 0.05) is 29.9 Å². The molecule has 0 radical (unpaired) electrons. The van der Waals surface area contributed by atoms with Crippen LogP contribution in [-0.4, -0.2) is 37.0 Å². The van der Waals surface area contributed by atoms with Crippen LogP contribution in [0.5, 0.6) is 5.75 Å². The second-order valence-electron chi connectivity index (χ2n) is 9.98. The van der Waals surface area contributed by atoms with Crippen molar-refractivity contribution >= 4 is 17.4 Å². The second kappa shape index (κ2) is 10.8. The van der Waals surface area contributed by atoms with Crippen molar-refractivity contribution in [2.45, 2.75) is 38.6 Å². The molecule has 3 atom stereocenters. The van der Waals surface area contributed by atoms with E-state index in [2.05, 4.69) is 41.4 Å². The van der Waals surface area contributed by atoms with Gasteiger partial charge < -0.3 is 20.7 Å². The fourth-order valence-corrected chi connectivity index (χ4v) is 4.83. The average molecular weight is 473 g/mol. The standard InChI is InChI=1S/C29H36N4O2/c1-21-8-3-4-9-24(21)19-29(2,20-35-26-11-7-10-23(18-26)27(30)31)32-28(34)22-12-14-25(15-13-22)33-16-5-6-17-33/h3-4,7-15,18,21,24H,5-6,16-17,19-20H2,1-2H3,(H3,30,31)(H,32,34)/t21?,24-,29?/m1/s1. The number of rotatable bonds is 9. The van der Waals surface area contributed by atoms with Crippen molar-refractivity contribution in [3.63, 3.8) is 0 Å². The summed E-state index contributed by atoms with van der Waals surface area (Å²) in [6.45, 7) is 6.69. The van der Waals surface area contributed by atoms with Gasteiger partial charge in [0.1, 0.15) is 18.2 Å². The summed E-state index contributed by atoms with van der Waals surface area (Å²) < 4.78 is 6.15. The second-order valence-corrected chi connectivity index (χ2v) is 9.98. The molecule has 1 aliphatic carbocycles. The summed E-state index contributed by atoms with van der Waals surface area (Å²) in [7, 11) is 0. The first kappa shape index (κ1) is 24.6. The zero-order valence-electron chi connectivity index (χ0n) is 20.7. The van der Waals surface area contributed by atoms with Crippen molar-refractivity contribution in [1.82, 2.24) is 5.32 Å². The first-order valence-corrected chi connectivity index (χ1v) is 12.4. The van der Waals surface area contributed by atoms with Gasteiger partial charge in [0.25, 0.3) is 5.91 Å². The number of nitrogen functional groups attached to an aromatic ring is 1. The molecule has 1 fully saturated rings. The van der Waals surface area contributed by atoms with E-state index in [1.54, 1.807) is 12.1 Å². The predicted molar refractivity (Wildman–Crippen MR) is 142 cm³/mol. The van der Waals surface area contributed by atoms with Crippen LogP contribution in [0.15, 0.2) is 72.8 Å². The number of amidine groups is 1. The highest BCUT2D eigenvalue weighted by Crippen LogP contribution is 2.29. The molecule has 1 aliphatic heterocycles. The highest BCUT2D eigenvalue weighted by molar-refractivity contribution is 5.95. The number of nitrogens with zero attached hydrogens (tertiary/aromatic N) is 1. The predicted octanol–water partition coefficient (Wildman–Crippen LogP) is 4.91. The number of allylic oxidation sites excluding steroid dienone is 4. The Bertz CT molecular complexity index is 1100. The van der Waals surface area contributed by atoms with E-state index >= 15 is 0 Å². The Labute approximate surface area is 208 Å². The SMILES string of the molecule is CC1C=CC=C[C@@H]1CC(C)(COc1cccc(C(=N)N)c1)NC(=O)c1ccc(N2CCCC2)cc1. The van der Waals surface area contributed by atoms with Crippen LogP contribution in [0.4, 0.5) is 5.69 Å². The monoisotopic (exact) mass is 472 g/mol. The number of nitrogens with one attached hydrogen (secondary N) is 2.